The van der Waals surface area contributed by atoms with Gasteiger partial charge in [0.2, 0.25) is 5.16 Å². The standard InChI is InChI=1S/C14H21N5S/c1-15-10-11-19-14(16-17-18-19)20-12-6-5-9-13-7-3-2-4-8-13/h2-4,7-8,15H,5-6,9-12H2,1H3. The Balaban J connectivity index is 1.65. The van der Waals surface area contributed by atoms with Crippen LogP contribution < -0.4 is 5.32 Å². The summed E-state index contributed by atoms with van der Waals surface area (Å²) in [7, 11) is 1.93. The summed E-state index contributed by atoms with van der Waals surface area (Å²) in [4.78, 5) is 0. The summed E-state index contributed by atoms with van der Waals surface area (Å²) in [6.07, 6.45) is 3.53. The normalized spacial score (nSPS) is 10.8. The van der Waals surface area contributed by atoms with E-state index in [1.165, 1.54) is 18.4 Å². The second-order valence-corrected chi connectivity index (χ2v) is 5.64. The third kappa shape index (κ3) is 4.94. The van der Waals surface area contributed by atoms with Gasteiger partial charge in [0.25, 0.3) is 0 Å². The lowest BCUT2D eigenvalue weighted by atomic mass is 10.1. The highest BCUT2D eigenvalue weighted by Gasteiger charge is 2.05. The van der Waals surface area contributed by atoms with Gasteiger partial charge in [-0.05, 0) is 42.3 Å². The van der Waals surface area contributed by atoms with Crippen LogP contribution >= 0.6 is 11.8 Å². The average molecular weight is 291 g/mol. The fourth-order valence-electron chi connectivity index (χ4n) is 1.90. The molecular weight excluding hydrogens is 270 g/mol. The van der Waals surface area contributed by atoms with Gasteiger partial charge in [0.05, 0.1) is 6.54 Å². The molecule has 20 heavy (non-hydrogen) atoms. The molecule has 0 amide bonds. The molecule has 2 aromatic rings. The van der Waals surface area contributed by atoms with Crippen LogP contribution in [-0.4, -0.2) is 39.6 Å². The Morgan fingerprint density at radius 3 is 2.85 bits per heavy atom. The number of likely N-dealkylation sites (N-methyl/N-ethyl adjacent to an activating group) is 1. The van der Waals surface area contributed by atoms with E-state index in [4.69, 9.17) is 0 Å². The third-order valence-corrected chi connectivity index (χ3v) is 4.05. The number of nitrogens with zero attached hydrogens (tertiary/aromatic N) is 4. The molecule has 0 fully saturated rings. The number of aryl methyl sites for hydroxylation is 1. The molecule has 0 aliphatic carbocycles. The lowest BCUT2D eigenvalue weighted by Gasteiger charge is -2.04. The fraction of sp³-hybridized carbons (Fsp3) is 0.500. The summed E-state index contributed by atoms with van der Waals surface area (Å²) in [5.41, 5.74) is 1.41. The smallest absolute Gasteiger partial charge is 0.209 e. The van der Waals surface area contributed by atoms with Crippen LogP contribution in [0.5, 0.6) is 0 Å². The number of aromatic nitrogens is 4. The highest BCUT2D eigenvalue weighted by molar-refractivity contribution is 7.99. The van der Waals surface area contributed by atoms with Crippen LogP contribution in [-0.2, 0) is 13.0 Å². The Kier molecular flexibility index (Phi) is 6.53. The summed E-state index contributed by atoms with van der Waals surface area (Å²) >= 11 is 1.74. The van der Waals surface area contributed by atoms with Gasteiger partial charge in [-0.2, -0.15) is 0 Å². The lowest BCUT2D eigenvalue weighted by molar-refractivity contribution is 0.530. The first-order valence-electron chi connectivity index (χ1n) is 6.97. The molecule has 0 radical (unpaired) electrons. The van der Waals surface area contributed by atoms with E-state index in [0.717, 1.165) is 30.4 Å². The molecular formula is C14H21N5S. The molecule has 108 valence electrons. The summed E-state index contributed by atoms with van der Waals surface area (Å²) in [5, 5.41) is 15.8. The molecule has 5 nitrogen and oxygen atoms in total. The van der Waals surface area contributed by atoms with Crippen LogP contribution in [0.25, 0.3) is 0 Å². The predicted octanol–water partition coefficient (Wildman–Crippen LogP) is 2.01. The molecule has 0 aliphatic rings. The highest BCUT2D eigenvalue weighted by Crippen LogP contribution is 2.16. The Morgan fingerprint density at radius 1 is 1.20 bits per heavy atom. The Bertz CT molecular complexity index is 485. The maximum atomic E-state index is 4.06. The zero-order valence-corrected chi connectivity index (χ0v) is 12.6. The van der Waals surface area contributed by atoms with Crippen LogP contribution in [0.15, 0.2) is 35.5 Å². The fourth-order valence-corrected chi connectivity index (χ4v) is 2.80. The lowest BCUT2D eigenvalue weighted by Crippen LogP contribution is -2.16. The zero-order valence-electron chi connectivity index (χ0n) is 11.8. The van der Waals surface area contributed by atoms with Gasteiger partial charge in [-0.1, -0.05) is 42.1 Å². The zero-order chi connectivity index (χ0) is 14.0. The number of benzene rings is 1. The van der Waals surface area contributed by atoms with Crippen molar-refractivity contribution >= 4 is 11.8 Å². The maximum Gasteiger partial charge on any atom is 0.209 e. The summed E-state index contributed by atoms with van der Waals surface area (Å²) in [6.45, 7) is 1.70. The van der Waals surface area contributed by atoms with Crippen molar-refractivity contribution in [3.05, 3.63) is 35.9 Å². The number of thioether (sulfide) groups is 1. The van der Waals surface area contributed by atoms with Gasteiger partial charge in [0.15, 0.2) is 0 Å². The highest BCUT2D eigenvalue weighted by atomic mass is 32.2. The van der Waals surface area contributed by atoms with Crippen molar-refractivity contribution in [1.82, 2.24) is 25.5 Å². The minimum absolute atomic E-state index is 0.815. The molecule has 1 aromatic heterocycles. The summed E-state index contributed by atoms with van der Waals surface area (Å²) < 4.78 is 1.86. The van der Waals surface area contributed by atoms with Crippen LogP contribution in [0, 0.1) is 0 Å². The molecule has 0 unspecified atom stereocenters. The number of tetrazole rings is 1. The number of unbranched alkanes of at least 4 members (excludes halogenated alkanes) is 1. The van der Waals surface area contributed by atoms with Gasteiger partial charge in [-0.3, -0.25) is 0 Å². The van der Waals surface area contributed by atoms with Gasteiger partial charge < -0.3 is 5.32 Å². The van der Waals surface area contributed by atoms with Gasteiger partial charge in [-0.25, -0.2) is 4.68 Å². The van der Waals surface area contributed by atoms with Crippen molar-refractivity contribution in [3.8, 4) is 0 Å². The van der Waals surface area contributed by atoms with Crippen LogP contribution in [0.1, 0.15) is 18.4 Å². The predicted molar refractivity (Wildman–Crippen MR) is 81.8 cm³/mol. The Labute approximate surface area is 124 Å². The maximum absolute atomic E-state index is 4.06. The quantitative estimate of drug-likeness (QED) is 0.566. The second kappa shape index (κ2) is 8.71. The molecule has 1 heterocycles. The molecule has 0 saturated carbocycles. The van der Waals surface area contributed by atoms with Gasteiger partial charge in [0, 0.05) is 12.3 Å². The first-order chi connectivity index (χ1) is 9.90. The summed E-state index contributed by atoms with van der Waals surface area (Å²) in [5.74, 6) is 1.06. The van der Waals surface area contributed by atoms with Crippen molar-refractivity contribution in [2.45, 2.75) is 31.0 Å². The van der Waals surface area contributed by atoms with E-state index < -0.39 is 0 Å². The third-order valence-electron chi connectivity index (χ3n) is 3.01. The minimum atomic E-state index is 0.815. The monoisotopic (exact) mass is 291 g/mol. The van der Waals surface area contributed by atoms with Crippen LogP contribution in [0.2, 0.25) is 0 Å². The molecule has 0 bridgehead atoms. The molecule has 0 spiro atoms. The molecule has 0 saturated heterocycles. The molecule has 1 N–H and O–H groups in total. The Morgan fingerprint density at radius 2 is 2.05 bits per heavy atom. The van der Waals surface area contributed by atoms with E-state index in [1.54, 1.807) is 11.8 Å². The first kappa shape index (κ1) is 15.0. The Hall–Kier alpha value is -1.40. The van der Waals surface area contributed by atoms with E-state index in [-0.39, 0.29) is 0 Å². The van der Waals surface area contributed by atoms with Gasteiger partial charge in [0.1, 0.15) is 0 Å². The van der Waals surface area contributed by atoms with Crippen LogP contribution in [0.4, 0.5) is 0 Å². The van der Waals surface area contributed by atoms with Crippen molar-refractivity contribution in [3.63, 3.8) is 0 Å². The SMILES string of the molecule is CNCCn1nnnc1SCCCCc1ccccc1. The number of rotatable bonds is 9. The van der Waals surface area contributed by atoms with Crippen molar-refractivity contribution < 1.29 is 0 Å². The molecule has 0 atom stereocenters. The second-order valence-electron chi connectivity index (χ2n) is 4.58. The topological polar surface area (TPSA) is 55.6 Å². The van der Waals surface area contributed by atoms with Gasteiger partial charge >= 0.3 is 0 Å². The number of hydrogen-bond acceptors (Lipinski definition) is 5. The van der Waals surface area contributed by atoms with E-state index in [9.17, 15) is 0 Å². The molecule has 0 aliphatic heterocycles. The van der Waals surface area contributed by atoms with E-state index in [1.807, 2.05) is 11.7 Å². The molecule has 1 aromatic carbocycles. The molecule has 6 heteroatoms. The van der Waals surface area contributed by atoms with E-state index >= 15 is 0 Å². The average Bonchev–Trinajstić information content (AvgIpc) is 2.93. The van der Waals surface area contributed by atoms with Crippen molar-refractivity contribution in [2.24, 2.45) is 0 Å². The molecule has 2 rings (SSSR count). The van der Waals surface area contributed by atoms with E-state index in [2.05, 4.69) is 51.2 Å². The van der Waals surface area contributed by atoms with E-state index in [0.29, 0.717) is 0 Å². The number of nitrogens with one attached hydrogen (secondary N) is 1. The van der Waals surface area contributed by atoms with Gasteiger partial charge in [-0.15, -0.1) is 5.10 Å². The van der Waals surface area contributed by atoms with Crippen molar-refractivity contribution in [1.29, 1.82) is 0 Å². The first-order valence-corrected chi connectivity index (χ1v) is 7.96. The van der Waals surface area contributed by atoms with Crippen LogP contribution in [0.3, 0.4) is 0 Å². The van der Waals surface area contributed by atoms with Crippen molar-refractivity contribution in [2.75, 3.05) is 19.3 Å². The number of hydrogen-bond donors (Lipinski definition) is 1. The minimum Gasteiger partial charge on any atom is -0.318 e. The largest absolute Gasteiger partial charge is 0.318 e. The summed E-state index contributed by atoms with van der Waals surface area (Å²) in [6, 6.07) is 10.6.